The highest BCUT2D eigenvalue weighted by molar-refractivity contribution is 6.39. The van der Waals surface area contributed by atoms with Crippen LogP contribution in [0.4, 0.5) is 0 Å². The summed E-state index contributed by atoms with van der Waals surface area (Å²) in [7, 11) is 0. The van der Waals surface area contributed by atoms with E-state index in [9.17, 15) is 0 Å². The van der Waals surface area contributed by atoms with Gasteiger partial charge in [-0.05, 0) is 49.2 Å². The molecule has 1 heterocycles. The van der Waals surface area contributed by atoms with Crippen LogP contribution in [0.1, 0.15) is 11.1 Å². The predicted octanol–water partition coefficient (Wildman–Crippen LogP) is 5.15. The van der Waals surface area contributed by atoms with Crippen molar-refractivity contribution in [3.63, 3.8) is 0 Å². The summed E-state index contributed by atoms with van der Waals surface area (Å²) in [4.78, 5) is 7.86. The first-order chi connectivity index (χ1) is 9.06. The van der Waals surface area contributed by atoms with E-state index in [-0.39, 0.29) is 0 Å². The summed E-state index contributed by atoms with van der Waals surface area (Å²) in [6, 6.07) is 9.60. The second kappa shape index (κ2) is 4.55. The second-order valence-corrected chi connectivity index (χ2v) is 5.45. The van der Waals surface area contributed by atoms with Crippen molar-refractivity contribution in [2.75, 3.05) is 0 Å². The molecular formula is C15H12Cl2N2. The van der Waals surface area contributed by atoms with Gasteiger partial charge in [0.05, 0.1) is 26.6 Å². The number of fused-ring (bicyclic) bond motifs is 1. The number of rotatable bonds is 1. The van der Waals surface area contributed by atoms with Crippen molar-refractivity contribution in [3.05, 3.63) is 51.5 Å². The number of aromatic nitrogens is 2. The van der Waals surface area contributed by atoms with E-state index in [4.69, 9.17) is 23.2 Å². The highest BCUT2D eigenvalue weighted by Crippen LogP contribution is 2.34. The fourth-order valence-electron chi connectivity index (χ4n) is 2.11. The molecule has 0 spiro atoms. The first-order valence-corrected chi connectivity index (χ1v) is 6.73. The lowest BCUT2D eigenvalue weighted by atomic mass is 10.1. The van der Waals surface area contributed by atoms with Gasteiger partial charge in [-0.2, -0.15) is 0 Å². The Bertz CT molecular complexity index is 716. The van der Waals surface area contributed by atoms with Crippen LogP contribution in [0.2, 0.25) is 10.0 Å². The molecule has 1 N–H and O–H groups in total. The van der Waals surface area contributed by atoms with Crippen molar-refractivity contribution in [2.24, 2.45) is 0 Å². The molecule has 2 nitrogen and oxygen atoms in total. The van der Waals surface area contributed by atoms with Gasteiger partial charge in [0, 0.05) is 0 Å². The molecule has 0 bridgehead atoms. The van der Waals surface area contributed by atoms with Crippen LogP contribution in [-0.4, -0.2) is 9.97 Å². The Labute approximate surface area is 121 Å². The van der Waals surface area contributed by atoms with Crippen LogP contribution in [0, 0.1) is 13.8 Å². The third-order valence-corrected chi connectivity index (χ3v) is 3.93. The maximum absolute atomic E-state index is 6.21. The van der Waals surface area contributed by atoms with Crippen molar-refractivity contribution in [3.8, 4) is 11.4 Å². The number of nitrogens with one attached hydrogen (secondary N) is 1. The maximum Gasteiger partial charge on any atom is 0.141 e. The summed E-state index contributed by atoms with van der Waals surface area (Å²) >= 11 is 12.4. The van der Waals surface area contributed by atoms with E-state index in [1.54, 1.807) is 0 Å². The molecular weight excluding hydrogens is 279 g/mol. The van der Waals surface area contributed by atoms with Crippen LogP contribution in [-0.2, 0) is 0 Å². The van der Waals surface area contributed by atoms with Gasteiger partial charge in [0.25, 0.3) is 0 Å². The number of imidazole rings is 1. The van der Waals surface area contributed by atoms with Crippen LogP contribution in [0.5, 0.6) is 0 Å². The van der Waals surface area contributed by atoms with Gasteiger partial charge in [-0.3, -0.25) is 0 Å². The van der Waals surface area contributed by atoms with E-state index in [2.05, 4.69) is 35.9 Å². The quantitative estimate of drug-likeness (QED) is 0.659. The highest BCUT2D eigenvalue weighted by Gasteiger charge is 2.13. The topological polar surface area (TPSA) is 28.7 Å². The fourth-order valence-corrected chi connectivity index (χ4v) is 2.69. The molecule has 1 aromatic heterocycles. The van der Waals surface area contributed by atoms with Gasteiger partial charge in [0.1, 0.15) is 5.82 Å². The van der Waals surface area contributed by atoms with Gasteiger partial charge in [-0.25, -0.2) is 4.98 Å². The lowest BCUT2D eigenvalue weighted by Crippen LogP contribution is -1.83. The summed E-state index contributed by atoms with van der Waals surface area (Å²) in [5.74, 6) is 0.704. The molecule has 0 aliphatic heterocycles. The number of hydrogen-bond donors (Lipinski definition) is 1. The van der Waals surface area contributed by atoms with Gasteiger partial charge in [-0.1, -0.05) is 29.3 Å². The molecule has 96 valence electrons. The normalized spacial score (nSPS) is 11.2. The van der Waals surface area contributed by atoms with Crippen molar-refractivity contribution >= 4 is 34.2 Å². The summed E-state index contributed by atoms with van der Waals surface area (Å²) in [5.41, 5.74) is 5.12. The highest BCUT2D eigenvalue weighted by atomic mass is 35.5. The Morgan fingerprint density at radius 1 is 1.00 bits per heavy atom. The van der Waals surface area contributed by atoms with Gasteiger partial charge in [0.2, 0.25) is 0 Å². The molecule has 0 saturated carbocycles. The molecule has 4 heteroatoms. The first kappa shape index (κ1) is 12.5. The molecule has 0 fully saturated rings. The molecule has 3 aromatic rings. The van der Waals surface area contributed by atoms with Gasteiger partial charge >= 0.3 is 0 Å². The standard InChI is InChI=1S/C15H12Cl2N2/c1-8-6-12-13(7-9(8)2)19-15(18-12)14-10(16)4-3-5-11(14)17/h3-7H,1-2H3,(H,18,19). The smallest absolute Gasteiger partial charge is 0.141 e. The monoisotopic (exact) mass is 290 g/mol. The third kappa shape index (κ3) is 2.11. The number of hydrogen-bond acceptors (Lipinski definition) is 1. The molecule has 19 heavy (non-hydrogen) atoms. The molecule has 0 saturated heterocycles. The first-order valence-electron chi connectivity index (χ1n) is 5.97. The Morgan fingerprint density at radius 3 is 2.32 bits per heavy atom. The van der Waals surface area contributed by atoms with Crippen LogP contribution >= 0.6 is 23.2 Å². The zero-order valence-corrected chi connectivity index (χ0v) is 12.1. The zero-order chi connectivity index (χ0) is 13.6. The van der Waals surface area contributed by atoms with E-state index in [0.29, 0.717) is 15.9 Å². The molecule has 3 rings (SSSR count). The van der Waals surface area contributed by atoms with Crippen molar-refractivity contribution < 1.29 is 0 Å². The molecule has 0 atom stereocenters. The Balaban J connectivity index is 2.26. The van der Waals surface area contributed by atoms with Crippen LogP contribution in [0.15, 0.2) is 30.3 Å². The molecule has 0 aliphatic carbocycles. The minimum Gasteiger partial charge on any atom is -0.338 e. The maximum atomic E-state index is 6.21. The van der Waals surface area contributed by atoms with Crippen molar-refractivity contribution in [2.45, 2.75) is 13.8 Å². The summed E-state index contributed by atoms with van der Waals surface area (Å²) in [6.07, 6.45) is 0. The number of nitrogens with zero attached hydrogens (tertiary/aromatic N) is 1. The minimum atomic E-state index is 0.597. The number of benzene rings is 2. The average Bonchev–Trinajstić information content (AvgIpc) is 2.72. The van der Waals surface area contributed by atoms with E-state index in [0.717, 1.165) is 16.6 Å². The van der Waals surface area contributed by atoms with E-state index >= 15 is 0 Å². The van der Waals surface area contributed by atoms with Gasteiger partial charge in [-0.15, -0.1) is 0 Å². The molecule has 2 aromatic carbocycles. The number of aryl methyl sites for hydroxylation is 2. The fraction of sp³-hybridized carbons (Fsp3) is 0.133. The molecule has 0 aliphatic rings. The Morgan fingerprint density at radius 2 is 1.63 bits per heavy atom. The number of halogens is 2. The average molecular weight is 291 g/mol. The largest absolute Gasteiger partial charge is 0.338 e. The van der Waals surface area contributed by atoms with E-state index in [1.165, 1.54) is 11.1 Å². The van der Waals surface area contributed by atoms with Crippen molar-refractivity contribution in [1.82, 2.24) is 9.97 Å². The molecule has 0 unspecified atom stereocenters. The van der Waals surface area contributed by atoms with Crippen LogP contribution in [0.25, 0.3) is 22.4 Å². The summed E-state index contributed by atoms with van der Waals surface area (Å²) in [6.45, 7) is 4.16. The van der Waals surface area contributed by atoms with Crippen LogP contribution < -0.4 is 0 Å². The number of aromatic amines is 1. The molecule has 0 radical (unpaired) electrons. The Kier molecular flexibility index (Phi) is 3.00. The lowest BCUT2D eigenvalue weighted by molar-refractivity contribution is 1.34. The number of H-pyrrole nitrogens is 1. The SMILES string of the molecule is Cc1cc2nc(-c3c(Cl)cccc3Cl)[nH]c2cc1C. The summed E-state index contributed by atoms with van der Waals surface area (Å²) in [5, 5.41) is 1.19. The van der Waals surface area contributed by atoms with E-state index in [1.807, 2.05) is 18.2 Å². The van der Waals surface area contributed by atoms with E-state index < -0.39 is 0 Å². The molecule has 0 amide bonds. The zero-order valence-electron chi connectivity index (χ0n) is 10.6. The van der Waals surface area contributed by atoms with Crippen molar-refractivity contribution in [1.29, 1.82) is 0 Å². The lowest BCUT2D eigenvalue weighted by Gasteiger charge is -2.02. The summed E-state index contributed by atoms with van der Waals surface area (Å²) < 4.78 is 0. The third-order valence-electron chi connectivity index (χ3n) is 3.30. The second-order valence-electron chi connectivity index (χ2n) is 4.64. The predicted molar refractivity (Wildman–Crippen MR) is 81.0 cm³/mol. The Hall–Kier alpha value is -1.51. The van der Waals surface area contributed by atoms with Crippen LogP contribution in [0.3, 0.4) is 0 Å². The van der Waals surface area contributed by atoms with Gasteiger partial charge < -0.3 is 4.98 Å². The minimum absolute atomic E-state index is 0.597. The van der Waals surface area contributed by atoms with Gasteiger partial charge in [0.15, 0.2) is 0 Å².